The summed E-state index contributed by atoms with van der Waals surface area (Å²) in [4.78, 5) is 31.7. The summed E-state index contributed by atoms with van der Waals surface area (Å²) in [5, 5.41) is 14.4. The monoisotopic (exact) mass is 367 g/mol. The second kappa shape index (κ2) is 6.62. The van der Waals surface area contributed by atoms with E-state index in [1.807, 2.05) is 36.7 Å². The Morgan fingerprint density at radius 1 is 1.33 bits per heavy atom. The van der Waals surface area contributed by atoms with Gasteiger partial charge in [-0.25, -0.2) is 4.98 Å². The summed E-state index contributed by atoms with van der Waals surface area (Å²) < 4.78 is 3.27. The van der Waals surface area contributed by atoms with E-state index in [4.69, 9.17) is 0 Å². The number of nitrogens with zero attached hydrogens (tertiary/aromatic N) is 5. The number of hydrogen-bond acceptors (Lipinski definition) is 5. The molecule has 0 bridgehead atoms. The van der Waals surface area contributed by atoms with Crippen molar-refractivity contribution in [1.82, 2.24) is 24.1 Å². The first-order valence-electron chi connectivity index (χ1n) is 9.01. The zero-order valence-electron chi connectivity index (χ0n) is 15.3. The number of aliphatic hydroxyl groups is 1. The molecular formula is C19H21N5O3. The Kier molecular flexibility index (Phi) is 4.27. The van der Waals surface area contributed by atoms with Crippen LogP contribution in [0.4, 0.5) is 0 Å². The quantitative estimate of drug-likeness (QED) is 0.753. The molecule has 1 N–H and O–H groups in total. The first kappa shape index (κ1) is 17.4. The number of rotatable bonds is 3. The average Bonchev–Trinajstić information content (AvgIpc) is 3.10. The van der Waals surface area contributed by atoms with Crippen LogP contribution in [-0.4, -0.2) is 41.6 Å². The molecular weight excluding hydrogens is 346 g/mol. The van der Waals surface area contributed by atoms with E-state index in [0.29, 0.717) is 37.4 Å². The van der Waals surface area contributed by atoms with E-state index in [1.165, 1.54) is 10.6 Å². The van der Waals surface area contributed by atoms with Crippen LogP contribution in [0, 0.1) is 6.92 Å². The van der Waals surface area contributed by atoms with Crippen molar-refractivity contribution < 1.29 is 9.90 Å². The second-order valence-electron chi connectivity index (χ2n) is 6.77. The lowest BCUT2D eigenvalue weighted by molar-refractivity contribution is 0.0703. The van der Waals surface area contributed by atoms with Crippen LogP contribution in [-0.2, 0) is 13.1 Å². The van der Waals surface area contributed by atoms with Crippen LogP contribution in [0.25, 0.3) is 5.65 Å². The molecule has 0 aromatic carbocycles. The molecule has 1 aliphatic heterocycles. The van der Waals surface area contributed by atoms with Crippen LogP contribution in [0.2, 0.25) is 0 Å². The molecule has 1 aliphatic rings. The van der Waals surface area contributed by atoms with Crippen LogP contribution in [0.1, 0.15) is 46.9 Å². The minimum atomic E-state index is -0.607. The van der Waals surface area contributed by atoms with E-state index in [2.05, 4.69) is 10.1 Å². The molecule has 3 aromatic heterocycles. The highest BCUT2D eigenvalue weighted by molar-refractivity contribution is 5.93. The van der Waals surface area contributed by atoms with Crippen molar-refractivity contribution in [3.8, 4) is 0 Å². The highest BCUT2D eigenvalue weighted by atomic mass is 16.3. The number of hydrogen-bond donors (Lipinski definition) is 1. The van der Waals surface area contributed by atoms with E-state index in [-0.39, 0.29) is 17.0 Å². The van der Waals surface area contributed by atoms with E-state index in [1.54, 1.807) is 11.0 Å². The number of amides is 1. The molecule has 1 amide bonds. The molecule has 140 valence electrons. The smallest absolute Gasteiger partial charge is 0.270 e. The first-order valence-corrected chi connectivity index (χ1v) is 9.01. The van der Waals surface area contributed by atoms with Gasteiger partial charge >= 0.3 is 0 Å². The number of fused-ring (bicyclic) bond motifs is 2. The third-order valence-corrected chi connectivity index (χ3v) is 4.99. The van der Waals surface area contributed by atoms with Crippen molar-refractivity contribution >= 4 is 11.6 Å². The van der Waals surface area contributed by atoms with Gasteiger partial charge in [0.15, 0.2) is 0 Å². The predicted molar refractivity (Wildman–Crippen MR) is 98.4 cm³/mol. The number of aromatic nitrogens is 4. The summed E-state index contributed by atoms with van der Waals surface area (Å²) in [6.45, 7) is 5.02. The van der Waals surface area contributed by atoms with Crippen LogP contribution < -0.4 is 5.56 Å². The fraction of sp³-hybridized carbons (Fsp3) is 0.368. The molecule has 0 aliphatic carbocycles. The Morgan fingerprint density at radius 2 is 2.15 bits per heavy atom. The van der Waals surface area contributed by atoms with E-state index < -0.39 is 6.10 Å². The summed E-state index contributed by atoms with van der Waals surface area (Å²) in [6, 6.07) is 7.20. The zero-order chi connectivity index (χ0) is 19.1. The molecule has 4 heterocycles. The van der Waals surface area contributed by atoms with Gasteiger partial charge in [-0.05, 0) is 31.5 Å². The van der Waals surface area contributed by atoms with Gasteiger partial charge in [-0.1, -0.05) is 13.0 Å². The number of carbonyl (C=O) groups is 1. The maximum Gasteiger partial charge on any atom is 0.270 e. The summed E-state index contributed by atoms with van der Waals surface area (Å²) in [5.74, 6) is -0.338. The Bertz CT molecular complexity index is 1080. The molecule has 0 saturated heterocycles. The molecule has 4 rings (SSSR count). The van der Waals surface area contributed by atoms with Crippen molar-refractivity contribution in [2.75, 3.05) is 6.54 Å². The van der Waals surface area contributed by atoms with Crippen molar-refractivity contribution in [1.29, 1.82) is 0 Å². The Balaban J connectivity index is 1.65. The van der Waals surface area contributed by atoms with Gasteiger partial charge in [0.25, 0.3) is 11.5 Å². The lowest BCUT2D eigenvalue weighted by Gasteiger charge is -2.27. The topological polar surface area (TPSA) is 92.7 Å². The molecule has 0 fully saturated rings. The van der Waals surface area contributed by atoms with Crippen molar-refractivity contribution in [2.45, 2.75) is 39.5 Å². The fourth-order valence-corrected chi connectivity index (χ4v) is 3.43. The maximum atomic E-state index is 13.0. The highest BCUT2D eigenvalue weighted by Gasteiger charge is 2.26. The molecule has 0 radical (unpaired) electrons. The summed E-state index contributed by atoms with van der Waals surface area (Å²) in [5.41, 5.74) is 2.42. The van der Waals surface area contributed by atoms with E-state index >= 15 is 0 Å². The van der Waals surface area contributed by atoms with Gasteiger partial charge in [-0.2, -0.15) is 5.10 Å². The number of pyridine rings is 1. The standard InChI is InChI=1S/C19H21N5O3/c1-3-16(25)15-9-13-11-22(7-8-23(13)21-15)18(26)14-10-20-17-6-4-5-12(2)24(17)19(14)27/h4-6,9-10,16,25H,3,7-8,11H2,1-2H3/t16-/m1/s1. The van der Waals surface area contributed by atoms with Crippen molar-refractivity contribution in [2.24, 2.45) is 0 Å². The number of carbonyl (C=O) groups excluding carboxylic acids is 1. The fourth-order valence-electron chi connectivity index (χ4n) is 3.43. The van der Waals surface area contributed by atoms with Gasteiger partial charge in [-0.15, -0.1) is 0 Å². The molecule has 8 nitrogen and oxygen atoms in total. The minimum Gasteiger partial charge on any atom is -0.387 e. The molecule has 27 heavy (non-hydrogen) atoms. The highest BCUT2D eigenvalue weighted by Crippen LogP contribution is 2.20. The second-order valence-corrected chi connectivity index (χ2v) is 6.77. The largest absolute Gasteiger partial charge is 0.387 e. The van der Waals surface area contributed by atoms with Crippen LogP contribution in [0.3, 0.4) is 0 Å². The Morgan fingerprint density at radius 3 is 2.93 bits per heavy atom. The molecule has 0 spiro atoms. The third-order valence-electron chi connectivity index (χ3n) is 4.99. The molecule has 3 aromatic rings. The maximum absolute atomic E-state index is 13.0. The summed E-state index contributed by atoms with van der Waals surface area (Å²) in [7, 11) is 0. The minimum absolute atomic E-state index is 0.0589. The normalized spacial score (nSPS) is 15.0. The predicted octanol–water partition coefficient (Wildman–Crippen LogP) is 1.30. The molecule has 0 saturated carbocycles. The first-order chi connectivity index (χ1) is 13.0. The summed E-state index contributed by atoms with van der Waals surface area (Å²) >= 11 is 0. The van der Waals surface area contributed by atoms with Gasteiger partial charge in [0.1, 0.15) is 11.2 Å². The Labute approximate surface area is 155 Å². The SMILES string of the molecule is CC[C@@H](O)c1cc2n(n1)CCN(C(=O)c1cnc3cccc(C)n3c1=O)C2. The average molecular weight is 367 g/mol. The van der Waals surface area contributed by atoms with Gasteiger partial charge in [0.05, 0.1) is 30.6 Å². The van der Waals surface area contributed by atoms with E-state index in [0.717, 1.165) is 11.4 Å². The van der Waals surface area contributed by atoms with E-state index in [9.17, 15) is 14.7 Å². The third kappa shape index (κ3) is 2.91. The van der Waals surface area contributed by atoms with Crippen LogP contribution >= 0.6 is 0 Å². The lowest BCUT2D eigenvalue weighted by atomic mass is 10.2. The van der Waals surface area contributed by atoms with Crippen LogP contribution in [0.5, 0.6) is 0 Å². The molecule has 8 heteroatoms. The molecule has 1 atom stereocenters. The molecule has 0 unspecified atom stereocenters. The van der Waals surface area contributed by atoms with Gasteiger partial charge in [0, 0.05) is 18.4 Å². The summed E-state index contributed by atoms with van der Waals surface area (Å²) in [6.07, 6.45) is 1.33. The van der Waals surface area contributed by atoms with Crippen molar-refractivity contribution in [3.63, 3.8) is 0 Å². The van der Waals surface area contributed by atoms with Gasteiger partial charge in [-0.3, -0.25) is 18.7 Å². The van der Waals surface area contributed by atoms with Gasteiger partial charge < -0.3 is 10.0 Å². The van der Waals surface area contributed by atoms with Crippen molar-refractivity contribution in [3.05, 3.63) is 63.5 Å². The van der Waals surface area contributed by atoms with Crippen LogP contribution in [0.15, 0.2) is 35.3 Å². The number of aryl methyl sites for hydroxylation is 1. The van der Waals surface area contributed by atoms with Gasteiger partial charge in [0.2, 0.25) is 0 Å². The lowest BCUT2D eigenvalue weighted by Crippen LogP contribution is -2.41. The Hall–Kier alpha value is -3.00. The number of aliphatic hydroxyl groups excluding tert-OH is 1. The zero-order valence-corrected chi connectivity index (χ0v) is 15.3.